The van der Waals surface area contributed by atoms with Crippen molar-refractivity contribution in [2.75, 3.05) is 13.2 Å². The molecule has 9 nitrogen and oxygen atoms in total. The largest absolute Gasteiger partial charge is 0.494 e. The highest BCUT2D eigenvalue weighted by Gasteiger charge is 2.54. The number of carbonyl (C=O) groups is 2. The molecule has 0 saturated heterocycles. The van der Waals surface area contributed by atoms with Gasteiger partial charge in [0.25, 0.3) is 5.91 Å². The quantitative estimate of drug-likeness (QED) is 0.0789. The summed E-state index contributed by atoms with van der Waals surface area (Å²) in [6.07, 6.45) is -0.708. The van der Waals surface area contributed by atoms with Crippen LogP contribution >= 0.6 is 23.2 Å². The molecule has 50 heavy (non-hydrogen) atoms. The SMILES string of the molecule is CC(C)(C)OC(=O)CC[C@]1(C(=O)NNC2c3ccccc3-c3ccccc32)N=C(c2ccc(OCCCO)cc2)O[C@H]1c1ccc(Cl)cc1Cl. The van der Waals surface area contributed by atoms with Gasteiger partial charge in [0.05, 0.1) is 12.6 Å². The van der Waals surface area contributed by atoms with E-state index in [0.717, 1.165) is 22.3 Å². The van der Waals surface area contributed by atoms with Crippen molar-refractivity contribution < 1.29 is 28.9 Å². The summed E-state index contributed by atoms with van der Waals surface area (Å²) in [4.78, 5) is 32.9. The van der Waals surface area contributed by atoms with E-state index in [9.17, 15) is 9.59 Å². The maximum atomic E-state index is 14.8. The van der Waals surface area contributed by atoms with Crippen molar-refractivity contribution in [2.45, 2.75) is 63.3 Å². The number of aliphatic hydroxyl groups is 1. The highest BCUT2D eigenvalue weighted by atomic mass is 35.5. The number of fused-ring (bicyclic) bond motifs is 3. The first-order chi connectivity index (χ1) is 24.0. The van der Waals surface area contributed by atoms with Crippen molar-refractivity contribution in [3.8, 4) is 16.9 Å². The first kappa shape index (κ1) is 35.4. The molecule has 2 atom stereocenters. The molecule has 1 aliphatic heterocycles. The molecule has 0 fully saturated rings. The Morgan fingerprint density at radius 2 is 1.58 bits per heavy atom. The molecule has 3 N–H and O–H groups in total. The van der Waals surface area contributed by atoms with Gasteiger partial charge in [0, 0.05) is 40.6 Å². The molecule has 6 rings (SSSR count). The highest BCUT2D eigenvalue weighted by Crippen LogP contribution is 2.47. The summed E-state index contributed by atoms with van der Waals surface area (Å²) in [7, 11) is 0. The van der Waals surface area contributed by atoms with Crippen LogP contribution in [0.5, 0.6) is 5.75 Å². The molecule has 1 aliphatic carbocycles. The van der Waals surface area contributed by atoms with Crippen LogP contribution in [0.25, 0.3) is 11.1 Å². The zero-order valence-electron chi connectivity index (χ0n) is 28.0. The number of hydrogen-bond donors (Lipinski definition) is 3. The normalized spacial score (nSPS) is 18.1. The van der Waals surface area contributed by atoms with Crippen LogP contribution in [-0.4, -0.2) is 47.2 Å². The monoisotopic (exact) mass is 715 g/mol. The van der Waals surface area contributed by atoms with E-state index in [1.807, 2.05) is 36.4 Å². The summed E-state index contributed by atoms with van der Waals surface area (Å²) in [5, 5.41) is 9.80. The topological polar surface area (TPSA) is 118 Å². The smallest absolute Gasteiger partial charge is 0.306 e. The first-order valence-electron chi connectivity index (χ1n) is 16.5. The number of aliphatic hydroxyl groups excluding tert-OH is 1. The number of aliphatic imine (C=N–C) groups is 1. The number of benzene rings is 4. The van der Waals surface area contributed by atoms with E-state index in [2.05, 4.69) is 23.0 Å². The lowest BCUT2D eigenvalue weighted by molar-refractivity contribution is -0.155. The van der Waals surface area contributed by atoms with Gasteiger partial charge in [0.1, 0.15) is 11.4 Å². The second-order valence-electron chi connectivity index (χ2n) is 13.2. The van der Waals surface area contributed by atoms with Gasteiger partial charge in [0.15, 0.2) is 11.6 Å². The Morgan fingerprint density at radius 1 is 0.920 bits per heavy atom. The molecular formula is C39H39Cl2N3O6. The Labute approximate surface area is 301 Å². The lowest BCUT2D eigenvalue weighted by Gasteiger charge is -2.32. The average molecular weight is 717 g/mol. The number of carbonyl (C=O) groups excluding carboxylic acids is 2. The number of esters is 1. The predicted octanol–water partition coefficient (Wildman–Crippen LogP) is 7.52. The Hall–Kier alpha value is -4.41. The third-order valence-electron chi connectivity index (χ3n) is 8.57. The number of halogens is 2. The molecule has 0 spiro atoms. The fourth-order valence-electron chi connectivity index (χ4n) is 6.30. The number of rotatable bonds is 12. The molecule has 0 saturated carbocycles. The van der Waals surface area contributed by atoms with Gasteiger partial charge in [-0.3, -0.25) is 15.0 Å². The molecule has 0 aromatic heterocycles. The van der Waals surface area contributed by atoms with Crippen LogP contribution in [0.15, 0.2) is 96.0 Å². The molecule has 4 aromatic rings. The standard InChI is InChI=1S/C39H39Cl2N3O6/c1-38(2,3)50-33(46)19-20-39(37(47)44-43-34-29-11-6-4-9-27(29)28-10-5-7-12-30(28)34)35(31-18-15-25(40)23-32(31)41)49-36(42-39)24-13-16-26(17-14-24)48-22-8-21-45/h4-7,9-18,23,34-35,43,45H,8,19-22H2,1-3H3,(H,44,47)/t35-,39-/m0/s1. The fraction of sp³-hybridized carbons (Fsp3) is 0.308. The van der Waals surface area contributed by atoms with Crippen LogP contribution in [0.4, 0.5) is 0 Å². The van der Waals surface area contributed by atoms with E-state index >= 15 is 0 Å². The molecule has 0 bridgehead atoms. The lowest BCUT2D eigenvalue weighted by atomic mass is 9.83. The number of nitrogens with one attached hydrogen (secondary N) is 2. The Balaban J connectivity index is 1.38. The molecule has 1 heterocycles. The maximum Gasteiger partial charge on any atom is 0.306 e. The van der Waals surface area contributed by atoms with Crippen molar-refractivity contribution in [3.05, 3.63) is 123 Å². The van der Waals surface area contributed by atoms with Crippen molar-refractivity contribution in [1.29, 1.82) is 0 Å². The first-order valence-corrected chi connectivity index (χ1v) is 17.3. The third-order valence-corrected chi connectivity index (χ3v) is 9.13. The number of amides is 1. The molecular weight excluding hydrogens is 677 g/mol. The third kappa shape index (κ3) is 7.51. The van der Waals surface area contributed by atoms with Gasteiger partial charge >= 0.3 is 5.97 Å². The van der Waals surface area contributed by atoms with Crippen LogP contribution in [0.3, 0.4) is 0 Å². The van der Waals surface area contributed by atoms with Gasteiger partial charge in [-0.05, 0) is 85.8 Å². The maximum absolute atomic E-state index is 14.8. The summed E-state index contributed by atoms with van der Waals surface area (Å²) < 4.78 is 17.9. The average Bonchev–Trinajstić information content (AvgIpc) is 3.63. The predicted molar refractivity (Wildman–Crippen MR) is 193 cm³/mol. The molecule has 11 heteroatoms. The molecule has 1 amide bonds. The van der Waals surface area contributed by atoms with Crippen LogP contribution in [0.2, 0.25) is 10.0 Å². The van der Waals surface area contributed by atoms with Crippen LogP contribution in [0, 0.1) is 0 Å². The minimum Gasteiger partial charge on any atom is -0.494 e. The van der Waals surface area contributed by atoms with Gasteiger partial charge in [-0.2, -0.15) is 0 Å². The Morgan fingerprint density at radius 3 is 2.20 bits per heavy atom. The summed E-state index contributed by atoms with van der Waals surface area (Å²) in [5.41, 5.74) is 9.11. The van der Waals surface area contributed by atoms with Crippen molar-refractivity contribution in [1.82, 2.24) is 10.9 Å². The summed E-state index contributed by atoms with van der Waals surface area (Å²) in [5.74, 6) is -0.199. The molecule has 4 aromatic carbocycles. The Kier molecular flexibility index (Phi) is 10.5. The van der Waals surface area contributed by atoms with E-state index in [-0.39, 0.29) is 36.4 Å². The van der Waals surface area contributed by atoms with Gasteiger partial charge in [0.2, 0.25) is 5.90 Å². The molecule has 260 valence electrons. The lowest BCUT2D eigenvalue weighted by Crippen LogP contribution is -2.53. The van der Waals surface area contributed by atoms with Gasteiger partial charge in [-0.1, -0.05) is 77.8 Å². The molecule has 0 unspecified atom stereocenters. The van der Waals surface area contributed by atoms with Gasteiger partial charge in [-0.25, -0.2) is 10.4 Å². The fourth-order valence-corrected chi connectivity index (χ4v) is 6.81. The van der Waals surface area contributed by atoms with E-state index < -0.39 is 29.1 Å². The summed E-state index contributed by atoms with van der Waals surface area (Å²) in [6.45, 7) is 5.76. The minimum atomic E-state index is -1.66. The van der Waals surface area contributed by atoms with Crippen molar-refractivity contribution >= 4 is 41.0 Å². The van der Waals surface area contributed by atoms with Crippen LogP contribution < -0.4 is 15.6 Å². The van der Waals surface area contributed by atoms with Crippen LogP contribution in [0.1, 0.15) is 74.4 Å². The number of hydrazine groups is 1. The zero-order valence-corrected chi connectivity index (χ0v) is 29.6. The number of ether oxygens (including phenoxy) is 3. The number of nitrogens with zero attached hydrogens (tertiary/aromatic N) is 1. The molecule has 2 aliphatic rings. The van der Waals surface area contributed by atoms with Crippen LogP contribution in [-0.2, 0) is 19.1 Å². The number of hydrogen-bond acceptors (Lipinski definition) is 8. The van der Waals surface area contributed by atoms with Gasteiger partial charge < -0.3 is 19.3 Å². The molecule has 0 radical (unpaired) electrons. The van der Waals surface area contributed by atoms with Crippen molar-refractivity contribution in [3.63, 3.8) is 0 Å². The van der Waals surface area contributed by atoms with E-state index in [0.29, 0.717) is 34.9 Å². The summed E-state index contributed by atoms with van der Waals surface area (Å²) in [6, 6.07) is 27.8. The highest BCUT2D eigenvalue weighted by molar-refractivity contribution is 6.35. The Bertz CT molecular complexity index is 1860. The zero-order chi connectivity index (χ0) is 35.5. The van der Waals surface area contributed by atoms with Crippen molar-refractivity contribution in [2.24, 2.45) is 4.99 Å². The van der Waals surface area contributed by atoms with E-state index in [1.165, 1.54) is 0 Å². The second-order valence-corrected chi connectivity index (χ2v) is 14.1. The summed E-state index contributed by atoms with van der Waals surface area (Å²) >= 11 is 13.1. The second kappa shape index (κ2) is 14.8. The van der Waals surface area contributed by atoms with E-state index in [4.69, 9.17) is 47.5 Å². The van der Waals surface area contributed by atoms with E-state index in [1.54, 1.807) is 63.2 Å². The van der Waals surface area contributed by atoms with Gasteiger partial charge in [-0.15, -0.1) is 0 Å². The minimum absolute atomic E-state index is 0.0272.